The van der Waals surface area contributed by atoms with Crippen LogP contribution in [0, 0.1) is 5.82 Å². The topological polar surface area (TPSA) is 41.6 Å². The highest BCUT2D eigenvalue weighted by Gasteiger charge is 2.31. The second-order valence-corrected chi connectivity index (χ2v) is 8.53. The maximum Gasteiger partial charge on any atom is 0.234 e. The lowest BCUT2D eigenvalue weighted by atomic mass is 10.1. The molecule has 4 rings (SSSR count). The number of carbonyl (C=O) groups excluding carboxylic acids is 1. The molecule has 4 nitrogen and oxygen atoms in total. The van der Waals surface area contributed by atoms with Crippen LogP contribution in [0.5, 0.6) is 5.75 Å². The van der Waals surface area contributed by atoms with Crippen molar-refractivity contribution >= 4 is 17.2 Å². The Kier molecular flexibility index (Phi) is 6.45. The number of benzene rings is 2. The van der Waals surface area contributed by atoms with Crippen LogP contribution in [-0.4, -0.2) is 30.5 Å². The minimum Gasteiger partial charge on any atom is -0.497 e. The van der Waals surface area contributed by atoms with Gasteiger partial charge in [-0.3, -0.25) is 9.69 Å². The van der Waals surface area contributed by atoms with Crippen molar-refractivity contribution in [2.75, 3.05) is 13.7 Å². The van der Waals surface area contributed by atoms with Crippen LogP contribution in [0.4, 0.5) is 4.39 Å². The quantitative estimate of drug-likeness (QED) is 0.538. The molecule has 1 aliphatic rings. The number of halogens is 1. The van der Waals surface area contributed by atoms with E-state index in [4.69, 9.17) is 4.74 Å². The summed E-state index contributed by atoms with van der Waals surface area (Å²) in [7, 11) is 1.65. The zero-order chi connectivity index (χ0) is 20.9. The number of carbonyl (C=O) groups is 1. The zero-order valence-electron chi connectivity index (χ0n) is 16.9. The normalized spacial score (nSPS) is 14.5. The molecule has 1 heterocycles. The first-order valence-electron chi connectivity index (χ1n) is 10.1. The Morgan fingerprint density at radius 2 is 1.90 bits per heavy atom. The maximum absolute atomic E-state index is 13.4. The second-order valence-electron chi connectivity index (χ2n) is 7.55. The van der Waals surface area contributed by atoms with Crippen LogP contribution in [0.1, 0.15) is 34.9 Å². The van der Waals surface area contributed by atoms with Gasteiger partial charge in [-0.1, -0.05) is 30.3 Å². The lowest BCUT2D eigenvalue weighted by molar-refractivity contribution is -0.123. The van der Waals surface area contributed by atoms with Crippen LogP contribution in [0.3, 0.4) is 0 Å². The summed E-state index contributed by atoms with van der Waals surface area (Å²) in [5.41, 5.74) is 2.03. The van der Waals surface area contributed by atoms with Crippen LogP contribution >= 0.6 is 11.3 Å². The van der Waals surface area contributed by atoms with E-state index in [1.54, 1.807) is 30.6 Å². The van der Waals surface area contributed by atoms with Crippen molar-refractivity contribution in [3.05, 3.63) is 87.9 Å². The predicted molar refractivity (Wildman–Crippen MR) is 117 cm³/mol. The third kappa shape index (κ3) is 5.26. The number of methoxy groups -OCH3 is 1. The Morgan fingerprint density at radius 3 is 2.50 bits per heavy atom. The van der Waals surface area contributed by atoms with Crippen molar-refractivity contribution in [3.8, 4) is 5.75 Å². The van der Waals surface area contributed by atoms with Crippen molar-refractivity contribution in [3.63, 3.8) is 0 Å². The zero-order valence-corrected chi connectivity index (χ0v) is 17.7. The van der Waals surface area contributed by atoms with Gasteiger partial charge in [0.05, 0.1) is 19.7 Å². The first kappa shape index (κ1) is 20.6. The molecule has 1 aliphatic carbocycles. The number of rotatable bonds is 9. The highest BCUT2D eigenvalue weighted by Crippen LogP contribution is 2.29. The van der Waals surface area contributed by atoms with E-state index in [2.05, 4.69) is 10.2 Å². The molecule has 0 spiro atoms. The van der Waals surface area contributed by atoms with Gasteiger partial charge in [-0.05, 0) is 59.7 Å². The smallest absolute Gasteiger partial charge is 0.234 e. The molecule has 1 N–H and O–H groups in total. The summed E-state index contributed by atoms with van der Waals surface area (Å²) in [6.45, 7) is 1.06. The van der Waals surface area contributed by atoms with E-state index in [1.807, 2.05) is 41.8 Å². The van der Waals surface area contributed by atoms with Gasteiger partial charge in [0.2, 0.25) is 5.91 Å². The summed E-state index contributed by atoms with van der Waals surface area (Å²) in [5.74, 6) is 0.514. The van der Waals surface area contributed by atoms with Gasteiger partial charge in [-0.2, -0.15) is 0 Å². The average molecular weight is 425 g/mol. The highest BCUT2D eigenvalue weighted by molar-refractivity contribution is 7.10. The predicted octanol–water partition coefficient (Wildman–Crippen LogP) is 4.77. The van der Waals surface area contributed by atoms with Crippen molar-refractivity contribution in [1.82, 2.24) is 10.2 Å². The average Bonchev–Trinajstić information content (AvgIpc) is 3.47. The number of hydrogen-bond acceptors (Lipinski definition) is 4. The monoisotopic (exact) mass is 424 g/mol. The van der Waals surface area contributed by atoms with E-state index in [-0.39, 0.29) is 17.8 Å². The van der Waals surface area contributed by atoms with Gasteiger partial charge in [-0.25, -0.2) is 4.39 Å². The SMILES string of the molecule is COc1ccc(CN(CC(=O)N[C@@H](c2ccc(F)cc2)c2cccs2)C2CC2)cc1. The molecule has 30 heavy (non-hydrogen) atoms. The Labute approximate surface area is 180 Å². The maximum atomic E-state index is 13.4. The fourth-order valence-electron chi connectivity index (χ4n) is 3.54. The molecule has 1 saturated carbocycles. The Balaban J connectivity index is 1.45. The Morgan fingerprint density at radius 1 is 1.17 bits per heavy atom. The highest BCUT2D eigenvalue weighted by atomic mass is 32.1. The van der Waals surface area contributed by atoms with Crippen LogP contribution in [0.15, 0.2) is 66.0 Å². The molecular formula is C24H25FN2O2S. The van der Waals surface area contributed by atoms with Crippen molar-refractivity contribution < 1.29 is 13.9 Å². The van der Waals surface area contributed by atoms with E-state index in [0.717, 1.165) is 41.1 Å². The van der Waals surface area contributed by atoms with Gasteiger partial charge in [0.25, 0.3) is 0 Å². The van der Waals surface area contributed by atoms with Gasteiger partial charge in [0, 0.05) is 17.5 Å². The van der Waals surface area contributed by atoms with Crippen molar-refractivity contribution in [2.24, 2.45) is 0 Å². The van der Waals surface area contributed by atoms with Crippen LogP contribution < -0.4 is 10.1 Å². The van der Waals surface area contributed by atoms with Crippen LogP contribution in [0.25, 0.3) is 0 Å². The summed E-state index contributed by atoms with van der Waals surface area (Å²) in [6.07, 6.45) is 2.24. The lowest BCUT2D eigenvalue weighted by Crippen LogP contribution is -2.39. The van der Waals surface area contributed by atoms with Gasteiger partial charge < -0.3 is 10.1 Å². The molecule has 1 atom stereocenters. The number of ether oxygens (including phenoxy) is 1. The van der Waals surface area contributed by atoms with Crippen LogP contribution in [-0.2, 0) is 11.3 Å². The molecule has 2 aromatic carbocycles. The molecule has 0 saturated heterocycles. The molecule has 0 radical (unpaired) electrons. The number of nitrogens with zero attached hydrogens (tertiary/aromatic N) is 1. The molecule has 0 bridgehead atoms. The summed E-state index contributed by atoms with van der Waals surface area (Å²) >= 11 is 1.58. The van der Waals surface area contributed by atoms with Gasteiger partial charge in [-0.15, -0.1) is 11.3 Å². The number of hydrogen-bond donors (Lipinski definition) is 1. The molecule has 156 valence electrons. The second kappa shape index (κ2) is 9.41. The number of amides is 1. The first-order chi connectivity index (χ1) is 14.6. The van der Waals surface area contributed by atoms with Gasteiger partial charge >= 0.3 is 0 Å². The molecule has 1 amide bonds. The minimum atomic E-state index is -0.283. The van der Waals surface area contributed by atoms with E-state index >= 15 is 0 Å². The third-order valence-corrected chi connectivity index (χ3v) is 6.23. The van der Waals surface area contributed by atoms with Crippen molar-refractivity contribution in [1.29, 1.82) is 0 Å². The van der Waals surface area contributed by atoms with Crippen molar-refractivity contribution in [2.45, 2.75) is 31.5 Å². The largest absolute Gasteiger partial charge is 0.497 e. The molecule has 0 aliphatic heterocycles. The fraction of sp³-hybridized carbons (Fsp3) is 0.292. The summed E-state index contributed by atoms with van der Waals surface area (Å²) in [4.78, 5) is 16.2. The van der Waals surface area contributed by atoms with E-state index < -0.39 is 0 Å². The number of thiophene rings is 1. The molecule has 0 unspecified atom stereocenters. The van der Waals surface area contributed by atoms with Gasteiger partial charge in [0.15, 0.2) is 0 Å². The molecule has 1 aromatic heterocycles. The van der Waals surface area contributed by atoms with E-state index in [0.29, 0.717) is 12.6 Å². The fourth-order valence-corrected chi connectivity index (χ4v) is 4.34. The number of nitrogens with one attached hydrogen (secondary N) is 1. The van der Waals surface area contributed by atoms with Crippen LogP contribution in [0.2, 0.25) is 0 Å². The molecule has 1 fully saturated rings. The van der Waals surface area contributed by atoms with E-state index in [9.17, 15) is 9.18 Å². The molecule has 6 heteroatoms. The summed E-state index contributed by atoms with van der Waals surface area (Å²) < 4.78 is 18.6. The van der Waals surface area contributed by atoms with E-state index in [1.165, 1.54) is 12.1 Å². The standard InChI is InChI=1S/C24H25FN2O2S/c1-29-21-12-4-17(5-13-21)15-27(20-10-11-20)16-23(28)26-24(22-3-2-14-30-22)18-6-8-19(25)9-7-18/h2-9,12-14,20,24H,10-11,15-16H2,1H3,(H,26,28)/t24-/m0/s1. The lowest BCUT2D eigenvalue weighted by Gasteiger charge is -2.24. The Hall–Kier alpha value is -2.70. The summed E-state index contributed by atoms with van der Waals surface area (Å²) in [5, 5.41) is 5.14. The third-order valence-electron chi connectivity index (χ3n) is 5.29. The molecule has 3 aromatic rings. The van der Waals surface area contributed by atoms with Gasteiger partial charge in [0.1, 0.15) is 11.6 Å². The molecular weight excluding hydrogens is 399 g/mol. The first-order valence-corrected chi connectivity index (χ1v) is 11.0. The Bertz CT molecular complexity index is 954. The minimum absolute atomic E-state index is 0.0295. The summed E-state index contributed by atoms with van der Waals surface area (Å²) in [6, 6.07) is 18.4.